The molecular weight excluding hydrogens is 122 g/mol. The van der Waals surface area contributed by atoms with Crippen molar-refractivity contribution in [1.29, 1.82) is 0 Å². The molecule has 0 unspecified atom stereocenters. The molecule has 0 radical (unpaired) electrons. The quantitative estimate of drug-likeness (QED) is 0.453. The Kier molecular flexibility index (Phi) is 5.41. The molecule has 0 saturated heterocycles. The number of aliphatic imine (C=N–C) groups is 1. The van der Waals surface area contributed by atoms with Gasteiger partial charge in [-0.1, -0.05) is 13.8 Å². The summed E-state index contributed by atoms with van der Waals surface area (Å²) in [5, 5.41) is 0. The van der Waals surface area contributed by atoms with E-state index in [1.807, 2.05) is 26.8 Å². The largest absolute Gasteiger partial charge is 0.264 e. The van der Waals surface area contributed by atoms with Crippen LogP contribution in [0.1, 0.15) is 20.8 Å². The third-order valence-corrected chi connectivity index (χ3v) is 0.846. The van der Waals surface area contributed by atoms with Crippen molar-refractivity contribution in [2.45, 2.75) is 20.8 Å². The fourth-order valence-corrected chi connectivity index (χ4v) is 0.463. The lowest BCUT2D eigenvalue weighted by Gasteiger charge is -1.78. The molecule has 54 valence electrons. The summed E-state index contributed by atoms with van der Waals surface area (Å²) in [7, 11) is 0. The van der Waals surface area contributed by atoms with Crippen LogP contribution in [0, 0.1) is 0 Å². The molecule has 0 N–H and O–H groups in total. The Hall–Kier alpha value is -1.07. The van der Waals surface area contributed by atoms with Crippen LogP contribution in [-0.2, 0) is 0 Å². The van der Waals surface area contributed by atoms with Gasteiger partial charge in [-0.25, -0.2) is 0 Å². The smallest absolute Gasteiger partial charge is 0.0345 e. The summed E-state index contributed by atoms with van der Waals surface area (Å²) in [4.78, 5) is 3.92. The molecule has 0 fully saturated rings. The Morgan fingerprint density at radius 3 is 2.80 bits per heavy atom. The van der Waals surface area contributed by atoms with Crippen LogP contribution in [0.3, 0.4) is 0 Å². The summed E-state index contributed by atoms with van der Waals surface area (Å²) < 4.78 is 0. The minimum absolute atomic E-state index is 1.13. The molecule has 10 heavy (non-hydrogen) atoms. The second kappa shape index (κ2) is 6.06. The van der Waals surface area contributed by atoms with Gasteiger partial charge in [-0.15, -0.1) is 5.73 Å². The van der Waals surface area contributed by atoms with Gasteiger partial charge in [0, 0.05) is 12.4 Å². The molecular formula is C9H13N. The molecule has 0 bridgehead atoms. The Labute approximate surface area is 62.5 Å². The first-order valence-electron chi connectivity index (χ1n) is 3.50. The van der Waals surface area contributed by atoms with Crippen molar-refractivity contribution in [3.8, 4) is 0 Å². The molecule has 1 heteroatoms. The Balaban J connectivity index is 0.000000371. The van der Waals surface area contributed by atoms with Crippen LogP contribution in [0.25, 0.3) is 0 Å². The minimum Gasteiger partial charge on any atom is -0.264 e. The first kappa shape index (κ1) is 8.93. The fourth-order valence-electron chi connectivity index (χ4n) is 0.463. The standard InChI is InChI=1S/C7H7N.C2H6/c1-7-4-2-3-5-8-6-7;1-2/h3-6H,1H3;1-2H3. The topological polar surface area (TPSA) is 12.4 Å². The van der Waals surface area contributed by atoms with E-state index in [0.717, 1.165) is 5.57 Å². The highest BCUT2D eigenvalue weighted by atomic mass is 14.7. The summed E-state index contributed by atoms with van der Waals surface area (Å²) in [5.74, 6) is 0. The molecule has 0 amide bonds. The van der Waals surface area contributed by atoms with Gasteiger partial charge in [-0.3, -0.25) is 4.99 Å². The van der Waals surface area contributed by atoms with Crippen molar-refractivity contribution in [3.63, 3.8) is 0 Å². The van der Waals surface area contributed by atoms with Crippen molar-refractivity contribution in [1.82, 2.24) is 0 Å². The molecule has 0 atom stereocenters. The number of nitrogens with zero attached hydrogens (tertiary/aromatic N) is 1. The van der Waals surface area contributed by atoms with E-state index >= 15 is 0 Å². The van der Waals surface area contributed by atoms with Gasteiger partial charge in [0.15, 0.2) is 0 Å². The molecule has 1 rings (SSSR count). The Bertz CT molecular complexity index is 191. The van der Waals surface area contributed by atoms with Crippen LogP contribution in [0.2, 0.25) is 0 Å². The lowest BCUT2D eigenvalue weighted by atomic mass is 10.3. The maximum atomic E-state index is 3.92. The van der Waals surface area contributed by atoms with E-state index in [0.29, 0.717) is 0 Å². The molecule has 0 aromatic carbocycles. The van der Waals surface area contributed by atoms with Crippen molar-refractivity contribution >= 4 is 6.21 Å². The summed E-state index contributed by atoms with van der Waals surface area (Å²) in [6.45, 7) is 5.99. The predicted molar refractivity (Wildman–Crippen MR) is 46.3 cm³/mol. The van der Waals surface area contributed by atoms with Crippen molar-refractivity contribution < 1.29 is 0 Å². The molecule has 0 aliphatic carbocycles. The summed E-state index contributed by atoms with van der Waals surface area (Å²) in [6, 6.07) is 0. The van der Waals surface area contributed by atoms with Gasteiger partial charge in [-0.05, 0) is 24.6 Å². The molecule has 1 heterocycles. The van der Waals surface area contributed by atoms with Gasteiger partial charge in [0.1, 0.15) is 0 Å². The molecule has 1 aliphatic heterocycles. The van der Waals surface area contributed by atoms with Gasteiger partial charge in [0.25, 0.3) is 0 Å². The van der Waals surface area contributed by atoms with Gasteiger partial charge in [0.2, 0.25) is 0 Å². The number of allylic oxidation sites excluding steroid dienone is 2. The maximum Gasteiger partial charge on any atom is 0.0345 e. The van der Waals surface area contributed by atoms with E-state index in [9.17, 15) is 0 Å². The zero-order valence-electron chi connectivity index (χ0n) is 6.76. The Morgan fingerprint density at radius 2 is 2.10 bits per heavy atom. The van der Waals surface area contributed by atoms with Crippen molar-refractivity contribution in [2.75, 3.05) is 0 Å². The highest BCUT2D eigenvalue weighted by Gasteiger charge is 1.77. The predicted octanol–water partition coefficient (Wildman–Crippen LogP) is 2.71. The van der Waals surface area contributed by atoms with E-state index in [4.69, 9.17) is 0 Å². The van der Waals surface area contributed by atoms with Gasteiger partial charge in [0.05, 0.1) is 0 Å². The average Bonchev–Trinajstić information content (AvgIpc) is 2.21. The molecule has 0 saturated carbocycles. The Morgan fingerprint density at radius 1 is 1.40 bits per heavy atom. The first-order chi connectivity index (χ1) is 4.89. The third-order valence-electron chi connectivity index (χ3n) is 0.846. The summed E-state index contributed by atoms with van der Waals surface area (Å²) >= 11 is 0. The molecule has 1 aliphatic rings. The van der Waals surface area contributed by atoms with Gasteiger partial charge in [-0.2, -0.15) is 0 Å². The van der Waals surface area contributed by atoms with E-state index in [-0.39, 0.29) is 0 Å². The molecule has 0 aromatic rings. The highest BCUT2D eigenvalue weighted by molar-refractivity contribution is 5.72. The van der Waals surface area contributed by atoms with Crippen LogP contribution >= 0.6 is 0 Å². The van der Waals surface area contributed by atoms with E-state index < -0.39 is 0 Å². The number of rotatable bonds is 0. The monoisotopic (exact) mass is 135 g/mol. The highest BCUT2D eigenvalue weighted by Crippen LogP contribution is 1.94. The first-order valence-corrected chi connectivity index (χ1v) is 3.50. The average molecular weight is 135 g/mol. The SMILES string of the molecule is CC.CC1=CN=CC=C=C1. The van der Waals surface area contributed by atoms with Crippen molar-refractivity contribution in [3.05, 3.63) is 29.7 Å². The lowest BCUT2D eigenvalue weighted by molar-refractivity contribution is 1.45. The molecule has 0 aromatic heterocycles. The van der Waals surface area contributed by atoms with Crippen LogP contribution in [0.4, 0.5) is 0 Å². The summed E-state index contributed by atoms with van der Waals surface area (Å²) in [5.41, 5.74) is 4.06. The number of hydrogen-bond donors (Lipinski definition) is 0. The molecule has 1 nitrogen and oxygen atoms in total. The minimum atomic E-state index is 1.13. The zero-order valence-corrected chi connectivity index (χ0v) is 6.76. The third kappa shape index (κ3) is 3.88. The zero-order chi connectivity index (χ0) is 7.82. The van der Waals surface area contributed by atoms with Crippen molar-refractivity contribution in [2.24, 2.45) is 4.99 Å². The van der Waals surface area contributed by atoms with Gasteiger partial charge >= 0.3 is 0 Å². The van der Waals surface area contributed by atoms with Crippen LogP contribution in [0.5, 0.6) is 0 Å². The van der Waals surface area contributed by atoms with E-state index in [1.165, 1.54) is 0 Å². The molecule has 0 spiro atoms. The van der Waals surface area contributed by atoms with Crippen LogP contribution < -0.4 is 0 Å². The van der Waals surface area contributed by atoms with Crippen LogP contribution in [-0.4, -0.2) is 6.21 Å². The fraction of sp³-hybridized carbons (Fsp3) is 0.333. The maximum absolute atomic E-state index is 3.92. The van der Waals surface area contributed by atoms with E-state index in [2.05, 4.69) is 10.7 Å². The lowest BCUT2D eigenvalue weighted by Crippen LogP contribution is -1.60. The second-order valence-electron chi connectivity index (χ2n) is 1.65. The second-order valence-corrected chi connectivity index (χ2v) is 1.65. The number of hydrogen-bond acceptors (Lipinski definition) is 1. The normalized spacial score (nSPS) is 13.3. The summed E-state index contributed by atoms with van der Waals surface area (Å²) in [6.07, 6.45) is 7.20. The van der Waals surface area contributed by atoms with Crippen LogP contribution in [0.15, 0.2) is 34.6 Å². The van der Waals surface area contributed by atoms with Gasteiger partial charge < -0.3 is 0 Å². The van der Waals surface area contributed by atoms with E-state index in [1.54, 1.807) is 18.5 Å².